The number of nitrogens with zero attached hydrogens (tertiary/aromatic N) is 5. The Morgan fingerprint density at radius 3 is 2.03 bits per heavy atom. The lowest BCUT2D eigenvalue weighted by Gasteiger charge is -2.12. The molecule has 0 spiro atoms. The molecule has 0 saturated heterocycles. The molecule has 26 nitrogen and oxygen atoms in total. The number of carbonyl (C=O) groups is 4. The van der Waals surface area contributed by atoms with Gasteiger partial charge in [0.2, 0.25) is 27.7 Å². The Hall–Kier alpha value is -6.37. The molecule has 4 rings (SSSR count). The number of nitrogens with one attached hydrogen (secondary N) is 3. The van der Waals surface area contributed by atoms with Crippen molar-refractivity contribution in [1.29, 1.82) is 0 Å². The molecule has 0 bridgehead atoms. The molecule has 2 atom stereocenters. The molecule has 2 unspecified atom stereocenters. The molecule has 0 fully saturated rings. The number of ether oxygens (including phenoxy) is 3. The third-order valence-electron chi connectivity index (χ3n) is 7.32. The second kappa shape index (κ2) is 22.7. The lowest BCUT2D eigenvalue weighted by molar-refractivity contribution is -0.385. The number of carbonyl (C=O) groups excluding carboxylic acids is 2. The molecule has 34 heteroatoms. The fourth-order valence-electron chi connectivity index (χ4n) is 4.46. The van der Waals surface area contributed by atoms with Gasteiger partial charge in [-0.1, -0.05) is 23.2 Å². The van der Waals surface area contributed by atoms with Crippen molar-refractivity contribution < 1.29 is 88.0 Å². The lowest BCUT2D eigenvalue weighted by atomic mass is 10.1. The highest BCUT2D eigenvalue weighted by atomic mass is 35.5. The van der Waals surface area contributed by atoms with Gasteiger partial charge >= 0.3 is 24.1 Å². The number of methoxy groups -OCH3 is 2. The quantitative estimate of drug-likeness (QED) is 0.0508. The molecule has 2 aromatic carbocycles. The van der Waals surface area contributed by atoms with E-state index in [1.165, 1.54) is 27.0 Å². The molecule has 362 valence electrons. The van der Waals surface area contributed by atoms with Gasteiger partial charge in [0.15, 0.2) is 17.5 Å². The van der Waals surface area contributed by atoms with Crippen LogP contribution >= 0.6 is 30.6 Å². The second-order valence-corrected chi connectivity index (χ2v) is 19.3. The summed E-state index contributed by atoms with van der Waals surface area (Å²) in [6.45, 7) is 1.18. The molecule has 2 aromatic heterocycles. The number of benzene rings is 2. The van der Waals surface area contributed by atoms with Crippen LogP contribution in [-0.4, -0.2) is 120 Å². The third-order valence-corrected chi connectivity index (χ3v) is 11.0. The Labute approximate surface area is 379 Å². The molecule has 0 radical (unpaired) electrons. The third kappa shape index (κ3) is 17.2. The van der Waals surface area contributed by atoms with Crippen LogP contribution in [0.25, 0.3) is 0 Å². The number of hydrogen-bond donors (Lipinski definition) is 7. The first-order valence-electron chi connectivity index (χ1n) is 17.1. The van der Waals surface area contributed by atoms with Gasteiger partial charge in [-0.25, -0.2) is 27.5 Å². The normalized spacial score (nSPS) is 12.6. The number of aliphatic carboxylic acids is 1. The summed E-state index contributed by atoms with van der Waals surface area (Å²) >= 11 is 11.4. The molecule has 0 aliphatic heterocycles. The summed E-state index contributed by atoms with van der Waals surface area (Å²) in [6, 6.07) is 4.12. The number of anilines is 1. The summed E-state index contributed by atoms with van der Waals surface area (Å²) in [5, 5.41) is 32.3. The maximum absolute atomic E-state index is 12.7. The van der Waals surface area contributed by atoms with Crippen molar-refractivity contribution in [3.63, 3.8) is 0 Å². The van der Waals surface area contributed by atoms with E-state index in [9.17, 15) is 63.9 Å². The number of halogens is 5. The van der Waals surface area contributed by atoms with Gasteiger partial charge in [0.25, 0.3) is 21.6 Å². The highest BCUT2D eigenvalue weighted by Gasteiger charge is 2.33. The number of carboxylic acid groups (broad SMARTS) is 2. The second-order valence-electron chi connectivity index (χ2n) is 12.6. The van der Waals surface area contributed by atoms with E-state index in [1.54, 1.807) is 9.44 Å². The number of carboxylic acids is 2. The van der Waals surface area contributed by atoms with Gasteiger partial charge in [0, 0.05) is 32.0 Å². The predicted molar refractivity (Wildman–Crippen MR) is 222 cm³/mol. The first-order valence-corrected chi connectivity index (χ1v) is 23.5. The number of aryl methyl sites for hydroxylation is 1. The Morgan fingerprint density at radius 2 is 1.58 bits per heavy atom. The monoisotopic (exact) mass is 1040 g/mol. The van der Waals surface area contributed by atoms with Crippen LogP contribution in [0.4, 0.5) is 29.6 Å². The van der Waals surface area contributed by atoms with Crippen LogP contribution in [0.3, 0.4) is 0 Å². The first kappa shape index (κ1) is 55.8. The zero-order chi connectivity index (χ0) is 50.7. The number of nitro groups is 1. The molecule has 8 N–H and O–H groups in total. The summed E-state index contributed by atoms with van der Waals surface area (Å²) in [5.41, 5.74) is 1.97. The molecule has 3 amide bonds. The molecule has 0 aliphatic carbocycles. The predicted octanol–water partition coefficient (Wildman–Crippen LogP) is 3.53. The average molecular weight is 1040 g/mol. The van der Waals surface area contributed by atoms with Crippen molar-refractivity contribution in [2.75, 3.05) is 38.6 Å². The van der Waals surface area contributed by atoms with E-state index < -0.39 is 106 Å². The number of hydrogen-bond acceptors (Lipinski definition) is 18. The smallest absolute Gasteiger partial charge is 0.416 e. The van der Waals surface area contributed by atoms with Crippen molar-refractivity contribution in [3.05, 3.63) is 79.4 Å². The van der Waals surface area contributed by atoms with Crippen LogP contribution in [0, 0.1) is 10.1 Å². The lowest BCUT2D eigenvalue weighted by Crippen LogP contribution is -2.36. The zero-order valence-electron chi connectivity index (χ0n) is 34.1. The highest BCUT2D eigenvalue weighted by molar-refractivity contribution is 7.90. The molecule has 4 aromatic rings. The Kier molecular flexibility index (Phi) is 19.2. The van der Waals surface area contributed by atoms with E-state index in [2.05, 4.69) is 20.4 Å². The van der Waals surface area contributed by atoms with Crippen LogP contribution in [-0.2, 0) is 42.6 Å². The van der Waals surface area contributed by atoms with Gasteiger partial charge < -0.3 is 35.1 Å². The van der Waals surface area contributed by atoms with Gasteiger partial charge in [0.05, 0.1) is 42.1 Å². The van der Waals surface area contributed by atoms with Gasteiger partial charge in [-0.3, -0.25) is 34.3 Å². The number of aromatic carboxylic acids is 1. The molecular weight excluding hydrogens is 1010 g/mol. The number of alkyl halides is 3. The van der Waals surface area contributed by atoms with E-state index in [0.29, 0.717) is 23.1 Å². The van der Waals surface area contributed by atoms with Crippen LogP contribution in [0.2, 0.25) is 10.2 Å². The topological polar surface area (TPSA) is 391 Å². The largest absolute Gasteiger partial charge is 0.481 e. The van der Waals surface area contributed by atoms with E-state index in [4.69, 9.17) is 58.3 Å². The summed E-state index contributed by atoms with van der Waals surface area (Å²) in [4.78, 5) is 71.9. The van der Waals surface area contributed by atoms with Gasteiger partial charge in [-0.15, -0.1) is 0 Å². The highest BCUT2D eigenvalue weighted by Crippen LogP contribution is 2.38. The van der Waals surface area contributed by atoms with Crippen LogP contribution in [0.1, 0.15) is 32.7 Å². The summed E-state index contributed by atoms with van der Waals surface area (Å²) in [7, 11) is -7.96. The molecular formula is C32H35Cl2F3N9O17PS2. The Bertz CT molecular complexity index is 2760. The maximum atomic E-state index is 12.7. The maximum Gasteiger partial charge on any atom is 0.416 e. The van der Waals surface area contributed by atoms with Crippen LogP contribution < -0.4 is 34.7 Å². The fraction of sp³-hybridized carbons (Fsp3) is 0.281. The average Bonchev–Trinajstić information content (AvgIpc) is 3.50. The zero-order valence-corrected chi connectivity index (χ0v) is 38.1. The summed E-state index contributed by atoms with van der Waals surface area (Å²) < 4.78 is 115. The van der Waals surface area contributed by atoms with Gasteiger partial charge in [0.1, 0.15) is 28.7 Å². The van der Waals surface area contributed by atoms with E-state index in [0.717, 1.165) is 31.3 Å². The number of amides is 3. The Balaban J connectivity index is 0.000000371. The van der Waals surface area contributed by atoms with Crippen LogP contribution in [0.15, 0.2) is 47.5 Å². The number of rotatable bonds is 15. The van der Waals surface area contributed by atoms with Gasteiger partial charge in [-0.2, -0.15) is 36.7 Å². The van der Waals surface area contributed by atoms with Gasteiger partial charge in [-0.05, 0) is 30.7 Å². The van der Waals surface area contributed by atoms with Crippen LogP contribution in [0.5, 0.6) is 23.3 Å². The van der Waals surface area contributed by atoms with Crippen molar-refractivity contribution in [2.24, 2.45) is 12.8 Å². The van der Waals surface area contributed by atoms with Crippen molar-refractivity contribution >= 4 is 86.1 Å². The molecule has 0 saturated carbocycles. The molecule has 66 heavy (non-hydrogen) atoms. The Morgan fingerprint density at radius 1 is 1.00 bits per heavy atom. The minimum atomic E-state index is -4.64. The summed E-state index contributed by atoms with van der Waals surface area (Å²) in [6.07, 6.45) is -3.94. The van der Waals surface area contributed by atoms with E-state index in [1.807, 2.05) is 0 Å². The van der Waals surface area contributed by atoms with Crippen molar-refractivity contribution in [3.8, 4) is 23.3 Å². The number of urea groups is 1. The number of aromatic nitrogens is 4. The van der Waals surface area contributed by atoms with E-state index >= 15 is 0 Å². The van der Waals surface area contributed by atoms with Crippen molar-refractivity contribution in [2.45, 2.75) is 23.7 Å². The number of nitrogens with two attached hydrogens (primary N) is 1. The minimum absolute atomic E-state index is 0.0412. The number of nitro benzene ring substituents is 1. The molecule has 2 heterocycles. The standard InChI is InChI=1S/C15H10ClF3N2O6S.C12H13ClN6O7S.C5H12NO4P/c1-28(25,26)20-14(22)10-7-9(3-4-12(10)21(23)24)27-13-5-2-8(6-11(13)16)15(17,18)19;1-19-9(7(10(20)21)8(13)17-19)27(23,24)18-12(22)16-11-14-5(25-2)4-6(15-11)26-3;1-11(9,10)3-2-4(6)5(7)8/h2-7H,1H3,(H,20,22);4H,1-3H3,(H,20,21)(H2,14,15,16,18,22);4H,2-3,6H2,1H3,(H,7,8)(H,9,10). The summed E-state index contributed by atoms with van der Waals surface area (Å²) in [5.74, 6) is -4.67. The minimum Gasteiger partial charge on any atom is -0.481 e. The van der Waals surface area contributed by atoms with Crippen molar-refractivity contribution in [1.82, 2.24) is 29.2 Å². The SMILES string of the molecule is COc1cc(OC)nc(NC(=O)NS(=O)(=O)c2c(C(=O)O)c(Cl)nn2C)n1.CP(=O)(O)CCC(N)C(=O)O.CS(=O)(=O)NC(=O)c1cc(Oc2ccc(C(F)(F)F)cc2Cl)ccc1[N+](=O)[O-]. The first-order chi connectivity index (χ1) is 30.2. The number of sulfonamides is 2. The molecule has 0 aliphatic rings. The fourth-order valence-corrected chi connectivity index (χ4v) is 7.46. The van der Waals surface area contributed by atoms with E-state index in [-0.39, 0.29) is 41.8 Å².